The van der Waals surface area contributed by atoms with Crippen molar-refractivity contribution < 1.29 is 9.90 Å². The molecule has 18 heavy (non-hydrogen) atoms. The topological polar surface area (TPSA) is 60.1 Å². The van der Waals surface area contributed by atoms with E-state index in [0.29, 0.717) is 12.1 Å². The van der Waals surface area contributed by atoms with Gasteiger partial charge in [0.1, 0.15) is 0 Å². The number of hydrogen-bond acceptors (Lipinski definition) is 2. The van der Waals surface area contributed by atoms with E-state index in [9.17, 15) is 4.79 Å². The summed E-state index contributed by atoms with van der Waals surface area (Å²) < 4.78 is 3.83. The average Bonchev–Trinajstić information content (AvgIpc) is 2.76. The number of aromatic carboxylic acids is 1. The summed E-state index contributed by atoms with van der Waals surface area (Å²) in [5.41, 5.74) is 4.31. The molecule has 0 spiro atoms. The minimum absolute atomic E-state index is 0.369. The van der Waals surface area contributed by atoms with Crippen LogP contribution in [0.3, 0.4) is 0 Å². The highest BCUT2D eigenvalue weighted by Gasteiger charge is 2.15. The molecular weight excluding hydrogens is 230 g/mol. The van der Waals surface area contributed by atoms with Crippen LogP contribution in [0.4, 0.5) is 0 Å². The lowest BCUT2D eigenvalue weighted by Gasteiger charge is -2.09. The van der Waals surface area contributed by atoms with E-state index in [1.807, 2.05) is 43.3 Å². The van der Waals surface area contributed by atoms with Gasteiger partial charge in [-0.1, -0.05) is 0 Å². The number of aromatic nitrogens is 3. The van der Waals surface area contributed by atoms with Crippen LogP contribution >= 0.6 is 0 Å². The molecule has 2 rings (SSSR count). The van der Waals surface area contributed by atoms with E-state index in [1.54, 1.807) is 6.07 Å². The van der Waals surface area contributed by atoms with Gasteiger partial charge in [0.05, 0.1) is 18.3 Å². The van der Waals surface area contributed by atoms with Gasteiger partial charge in [0.2, 0.25) is 0 Å². The average molecular weight is 247 g/mol. The van der Waals surface area contributed by atoms with Gasteiger partial charge < -0.3 is 9.67 Å². The fourth-order valence-electron chi connectivity index (χ4n) is 2.13. The molecule has 0 aliphatic heterocycles. The van der Waals surface area contributed by atoms with Gasteiger partial charge in [-0.15, -0.1) is 0 Å². The zero-order valence-corrected chi connectivity index (χ0v) is 11.1. The summed E-state index contributed by atoms with van der Waals surface area (Å²) in [6.45, 7) is 6.42. The monoisotopic (exact) mass is 247 g/mol. The summed E-state index contributed by atoms with van der Waals surface area (Å²) in [6, 6.07) is 1.71. The Morgan fingerprint density at radius 1 is 1.33 bits per heavy atom. The number of aryl methyl sites for hydroxylation is 2. The molecule has 0 atom stereocenters. The minimum atomic E-state index is -0.878. The van der Waals surface area contributed by atoms with Crippen molar-refractivity contribution in [1.82, 2.24) is 14.3 Å². The number of rotatable bonds is 3. The first-order valence-electron chi connectivity index (χ1n) is 5.79. The molecule has 0 unspecified atom stereocenters. The molecule has 0 fully saturated rings. The Balaban J connectivity index is 2.41. The second-order valence-corrected chi connectivity index (χ2v) is 4.55. The van der Waals surface area contributed by atoms with Crippen LogP contribution in [0.15, 0.2) is 12.3 Å². The van der Waals surface area contributed by atoms with Crippen LogP contribution < -0.4 is 0 Å². The van der Waals surface area contributed by atoms with E-state index >= 15 is 0 Å². The number of carboxylic acid groups (broad SMARTS) is 1. The van der Waals surface area contributed by atoms with Gasteiger partial charge >= 0.3 is 5.97 Å². The number of carboxylic acids is 1. The second kappa shape index (κ2) is 4.33. The third-order valence-electron chi connectivity index (χ3n) is 3.47. The first-order valence-corrected chi connectivity index (χ1v) is 5.79. The summed E-state index contributed by atoms with van der Waals surface area (Å²) >= 11 is 0. The summed E-state index contributed by atoms with van der Waals surface area (Å²) in [4.78, 5) is 11.1. The molecule has 2 aromatic rings. The van der Waals surface area contributed by atoms with Crippen LogP contribution in [-0.2, 0) is 13.6 Å². The Labute approximate surface area is 106 Å². The zero-order chi connectivity index (χ0) is 13.4. The van der Waals surface area contributed by atoms with Crippen LogP contribution in [0, 0.1) is 20.8 Å². The predicted octanol–water partition coefficient (Wildman–Crippen LogP) is 1.89. The fourth-order valence-corrected chi connectivity index (χ4v) is 2.13. The third-order valence-corrected chi connectivity index (χ3v) is 3.47. The van der Waals surface area contributed by atoms with Gasteiger partial charge in [0.25, 0.3) is 0 Å². The summed E-state index contributed by atoms with van der Waals surface area (Å²) in [5.74, 6) is -0.878. The minimum Gasteiger partial charge on any atom is -0.478 e. The smallest absolute Gasteiger partial charge is 0.337 e. The van der Waals surface area contributed by atoms with E-state index in [2.05, 4.69) is 5.10 Å². The van der Waals surface area contributed by atoms with Crippen molar-refractivity contribution in [3.8, 4) is 0 Å². The molecule has 2 aromatic heterocycles. The molecule has 96 valence electrons. The van der Waals surface area contributed by atoms with E-state index in [1.165, 1.54) is 0 Å². The highest BCUT2D eigenvalue weighted by Crippen LogP contribution is 2.18. The molecule has 0 amide bonds. The molecule has 0 aliphatic rings. The zero-order valence-electron chi connectivity index (χ0n) is 11.1. The standard InChI is InChI=1S/C13H17N3O2/c1-8-5-12(13(17)18)10(3)16(8)7-11-6-14-15(4)9(11)2/h5-6H,7H2,1-4H3,(H,17,18). The molecular formula is C13H17N3O2. The fraction of sp³-hybridized carbons (Fsp3) is 0.385. The second-order valence-electron chi connectivity index (χ2n) is 4.55. The van der Waals surface area contributed by atoms with Gasteiger partial charge in [-0.2, -0.15) is 5.10 Å². The lowest BCUT2D eigenvalue weighted by Crippen LogP contribution is -2.06. The van der Waals surface area contributed by atoms with E-state index in [4.69, 9.17) is 5.11 Å². The van der Waals surface area contributed by atoms with Crippen LogP contribution in [0.1, 0.15) is 33.0 Å². The Morgan fingerprint density at radius 3 is 2.44 bits per heavy atom. The van der Waals surface area contributed by atoms with Gasteiger partial charge in [-0.25, -0.2) is 4.79 Å². The number of carbonyl (C=O) groups is 1. The summed E-state index contributed by atoms with van der Waals surface area (Å²) in [7, 11) is 1.90. The molecule has 0 saturated heterocycles. The van der Waals surface area contributed by atoms with Crippen molar-refractivity contribution >= 4 is 5.97 Å². The lowest BCUT2D eigenvalue weighted by atomic mass is 10.2. The normalized spacial score (nSPS) is 10.9. The maximum atomic E-state index is 11.1. The van der Waals surface area contributed by atoms with Gasteiger partial charge in [-0.05, 0) is 26.8 Å². The molecule has 0 aromatic carbocycles. The highest BCUT2D eigenvalue weighted by molar-refractivity contribution is 5.89. The molecule has 0 radical (unpaired) electrons. The molecule has 0 bridgehead atoms. The highest BCUT2D eigenvalue weighted by atomic mass is 16.4. The first kappa shape index (κ1) is 12.4. The maximum Gasteiger partial charge on any atom is 0.337 e. The number of nitrogens with zero attached hydrogens (tertiary/aromatic N) is 3. The van der Waals surface area contributed by atoms with E-state index < -0.39 is 5.97 Å². The van der Waals surface area contributed by atoms with Crippen molar-refractivity contribution in [1.29, 1.82) is 0 Å². The summed E-state index contributed by atoms with van der Waals surface area (Å²) in [6.07, 6.45) is 1.83. The third kappa shape index (κ3) is 1.92. The molecule has 1 N–H and O–H groups in total. The molecule has 5 nitrogen and oxygen atoms in total. The Hall–Kier alpha value is -2.04. The van der Waals surface area contributed by atoms with Crippen LogP contribution in [0.5, 0.6) is 0 Å². The van der Waals surface area contributed by atoms with Crippen LogP contribution in [0.25, 0.3) is 0 Å². The van der Waals surface area contributed by atoms with Crippen LogP contribution in [-0.4, -0.2) is 25.4 Å². The SMILES string of the molecule is Cc1c(Cn2c(C)cc(C(=O)O)c2C)cnn1C. The first-order chi connectivity index (χ1) is 8.41. The van der Waals surface area contributed by atoms with E-state index in [0.717, 1.165) is 22.6 Å². The van der Waals surface area contributed by atoms with Crippen molar-refractivity contribution in [2.75, 3.05) is 0 Å². The maximum absolute atomic E-state index is 11.1. The van der Waals surface area contributed by atoms with Crippen molar-refractivity contribution in [3.63, 3.8) is 0 Å². The van der Waals surface area contributed by atoms with Gasteiger partial charge in [-0.3, -0.25) is 4.68 Å². The molecule has 2 heterocycles. The van der Waals surface area contributed by atoms with E-state index in [-0.39, 0.29) is 0 Å². The van der Waals surface area contributed by atoms with Gasteiger partial charge in [0, 0.05) is 29.7 Å². The molecule has 0 saturated carbocycles. The Kier molecular flexibility index (Phi) is 2.98. The quantitative estimate of drug-likeness (QED) is 0.901. The number of hydrogen-bond donors (Lipinski definition) is 1. The van der Waals surface area contributed by atoms with Gasteiger partial charge in [0.15, 0.2) is 0 Å². The predicted molar refractivity (Wildman–Crippen MR) is 67.9 cm³/mol. The lowest BCUT2D eigenvalue weighted by molar-refractivity contribution is 0.0696. The summed E-state index contributed by atoms with van der Waals surface area (Å²) in [5, 5.41) is 13.3. The van der Waals surface area contributed by atoms with Crippen molar-refractivity contribution in [2.24, 2.45) is 7.05 Å². The Bertz CT molecular complexity index is 608. The van der Waals surface area contributed by atoms with Crippen molar-refractivity contribution in [3.05, 3.63) is 40.5 Å². The molecule has 0 aliphatic carbocycles. The Morgan fingerprint density at radius 2 is 2.00 bits per heavy atom. The van der Waals surface area contributed by atoms with Crippen molar-refractivity contribution in [2.45, 2.75) is 27.3 Å². The van der Waals surface area contributed by atoms with Crippen LogP contribution in [0.2, 0.25) is 0 Å². The largest absolute Gasteiger partial charge is 0.478 e. The molecule has 5 heteroatoms.